The molecule has 2 aromatic rings. The molecular weight excluding hydrogens is 448 g/mol. The second-order valence-corrected chi connectivity index (χ2v) is 11.7. The first-order chi connectivity index (χ1) is 17.6. The van der Waals surface area contributed by atoms with Crippen LogP contribution < -0.4 is 21.1 Å². The molecule has 5 nitrogen and oxygen atoms in total. The monoisotopic (exact) mass is 492 g/mol. The number of ether oxygens (including phenoxy) is 1. The largest absolute Gasteiger partial charge is 0.377 e. The number of hydrogen-bond acceptors (Lipinski definition) is 5. The Hall–Kier alpha value is -2.14. The standard InChI is InChI=1S/C31H44N2O3/c1-2-26(20-23-10-5-3-6-11-23)32-27-28(30(35)29(27)34)33-18-9-14-25(21-33)31(24-12-7-4-8-13-24)36-19-17-22-15-16-22/h4,7-8,12-13,22-23,25-26,31-32H,2-3,5-6,9-11,14-21H2,1H3/t25?,26-,31?/m1/s1. The predicted octanol–water partition coefficient (Wildman–Crippen LogP) is 6.22. The Morgan fingerprint density at radius 1 is 0.944 bits per heavy atom. The van der Waals surface area contributed by atoms with Crippen molar-refractivity contribution in [3.05, 3.63) is 56.3 Å². The van der Waals surface area contributed by atoms with Gasteiger partial charge in [-0.1, -0.05) is 82.2 Å². The molecule has 2 saturated carbocycles. The summed E-state index contributed by atoms with van der Waals surface area (Å²) in [5.41, 5.74) is 1.80. The Morgan fingerprint density at radius 2 is 1.72 bits per heavy atom. The molecule has 0 radical (unpaired) electrons. The molecule has 3 atom stereocenters. The van der Waals surface area contributed by atoms with Crippen molar-refractivity contribution >= 4 is 11.4 Å². The van der Waals surface area contributed by atoms with Gasteiger partial charge in [-0.15, -0.1) is 0 Å². The maximum atomic E-state index is 12.8. The predicted molar refractivity (Wildman–Crippen MR) is 148 cm³/mol. The van der Waals surface area contributed by atoms with Crippen LogP contribution in [0.3, 0.4) is 0 Å². The van der Waals surface area contributed by atoms with Crippen LogP contribution in [0.4, 0.5) is 11.4 Å². The van der Waals surface area contributed by atoms with Gasteiger partial charge in [-0.2, -0.15) is 0 Å². The van der Waals surface area contributed by atoms with Gasteiger partial charge in [0.25, 0.3) is 10.9 Å². The van der Waals surface area contributed by atoms with Gasteiger partial charge >= 0.3 is 0 Å². The van der Waals surface area contributed by atoms with Crippen LogP contribution in [0.5, 0.6) is 0 Å². The second-order valence-electron chi connectivity index (χ2n) is 11.7. The fraction of sp³-hybridized carbons (Fsp3) is 0.677. The summed E-state index contributed by atoms with van der Waals surface area (Å²) in [5, 5.41) is 3.54. The summed E-state index contributed by atoms with van der Waals surface area (Å²) in [5.74, 6) is 1.90. The molecule has 3 aliphatic rings. The van der Waals surface area contributed by atoms with E-state index in [9.17, 15) is 9.59 Å². The molecule has 0 aromatic heterocycles. The van der Waals surface area contributed by atoms with Crippen LogP contribution >= 0.6 is 0 Å². The van der Waals surface area contributed by atoms with Gasteiger partial charge < -0.3 is 15.0 Å². The van der Waals surface area contributed by atoms with Crippen molar-refractivity contribution < 1.29 is 4.74 Å². The molecule has 1 aliphatic heterocycles. The van der Waals surface area contributed by atoms with Crippen molar-refractivity contribution in [3.63, 3.8) is 0 Å². The zero-order valence-corrected chi connectivity index (χ0v) is 22.1. The van der Waals surface area contributed by atoms with Crippen molar-refractivity contribution in [2.75, 3.05) is 29.9 Å². The van der Waals surface area contributed by atoms with Crippen LogP contribution in [0.2, 0.25) is 0 Å². The van der Waals surface area contributed by atoms with E-state index in [2.05, 4.69) is 47.5 Å². The Balaban J connectivity index is 1.28. The van der Waals surface area contributed by atoms with Gasteiger partial charge in [-0.3, -0.25) is 9.59 Å². The van der Waals surface area contributed by atoms with E-state index in [0.29, 0.717) is 17.3 Å². The van der Waals surface area contributed by atoms with Crippen molar-refractivity contribution in [1.82, 2.24) is 0 Å². The summed E-state index contributed by atoms with van der Waals surface area (Å²) in [6, 6.07) is 10.8. The summed E-state index contributed by atoms with van der Waals surface area (Å²) in [4.78, 5) is 27.7. The molecule has 2 aliphatic carbocycles. The van der Waals surface area contributed by atoms with Gasteiger partial charge in [-0.05, 0) is 49.5 Å². The molecule has 2 unspecified atom stereocenters. The Labute approximate surface area is 216 Å². The Bertz CT molecular complexity index is 1030. The third-order valence-corrected chi connectivity index (χ3v) is 8.92. The summed E-state index contributed by atoms with van der Waals surface area (Å²) in [6.45, 7) is 4.58. The normalized spacial score (nSPS) is 23.0. The minimum atomic E-state index is -0.325. The van der Waals surface area contributed by atoms with Crippen LogP contribution in [0, 0.1) is 17.8 Å². The van der Waals surface area contributed by atoms with Gasteiger partial charge in [0.1, 0.15) is 11.4 Å². The second kappa shape index (κ2) is 11.9. The van der Waals surface area contributed by atoms with E-state index in [1.165, 1.54) is 50.5 Å². The Morgan fingerprint density at radius 3 is 2.44 bits per heavy atom. The third kappa shape index (κ3) is 6.04. The minimum Gasteiger partial charge on any atom is -0.377 e. The first kappa shape index (κ1) is 25.5. The highest BCUT2D eigenvalue weighted by atomic mass is 16.5. The van der Waals surface area contributed by atoms with Crippen molar-refractivity contribution in [2.24, 2.45) is 17.8 Å². The summed E-state index contributed by atoms with van der Waals surface area (Å²) in [6.07, 6.45) is 14.6. The van der Waals surface area contributed by atoms with Crippen LogP contribution in [0.15, 0.2) is 39.9 Å². The van der Waals surface area contributed by atoms with E-state index >= 15 is 0 Å². The fourth-order valence-electron chi connectivity index (χ4n) is 6.55. The van der Waals surface area contributed by atoms with E-state index in [0.717, 1.165) is 63.6 Å². The lowest BCUT2D eigenvalue weighted by Gasteiger charge is -2.39. The number of rotatable bonds is 12. The molecule has 0 amide bonds. The van der Waals surface area contributed by atoms with E-state index in [4.69, 9.17) is 4.74 Å². The lowest BCUT2D eigenvalue weighted by molar-refractivity contribution is 0.00303. The van der Waals surface area contributed by atoms with E-state index in [1.807, 2.05) is 0 Å². The number of benzene rings is 1. The molecule has 196 valence electrons. The highest BCUT2D eigenvalue weighted by Gasteiger charge is 2.35. The van der Waals surface area contributed by atoms with Gasteiger partial charge in [0.15, 0.2) is 0 Å². The maximum absolute atomic E-state index is 12.8. The van der Waals surface area contributed by atoms with Gasteiger partial charge in [0.05, 0.1) is 6.10 Å². The lowest BCUT2D eigenvalue weighted by Crippen LogP contribution is -2.48. The van der Waals surface area contributed by atoms with Crippen molar-refractivity contribution in [1.29, 1.82) is 0 Å². The van der Waals surface area contributed by atoms with Gasteiger partial charge in [0.2, 0.25) is 0 Å². The van der Waals surface area contributed by atoms with Crippen molar-refractivity contribution in [3.8, 4) is 0 Å². The zero-order valence-electron chi connectivity index (χ0n) is 22.1. The molecule has 0 bridgehead atoms. The quantitative estimate of drug-likeness (QED) is 0.357. The minimum absolute atomic E-state index is 0.0327. The van der Waals surface area contributed by atoms with Gasteiger partial charge in [0, 0.05) is 31.7 Å². The molecule has 0 spiro atoms. The number of piperidine rings is 1. The summed E-state index contributed by atoms with van der Waals surface area (Å²) >= 11 is 0. The molecule has 1 N–H and O–H groups in total. The average molecular weight is 493 g/mol. The maximum Gasteiger partial charge on any atom is 0.253 e. The number of anilines is 2. The Kier molecular flexibility index (Phi) is 8.46. The summed E-state index contributed by atoms with van der Waals surface area (Å²) in [7, 11) is 0. The molecule has 5 heteroatoms. The number of nitrogens with one attached hydrogen (secondary N) is 1. The van der Waals surface area contributed by atoms with Gasteiger partial charge in [-0.25, -0.2) is 0 Å². The van der Waals surface area contributed by atoms with Crippen LogP contribution in [0.25, 0.3) is 0 Å². The average Bonchev–Trinajstić information content (AvgIpc) is 3.75. The third-order valence-electron chi connectivity index (χ3n) is 8.92. The van der Waals surface area contributed by atoms with E-state index in [-0.39, 0.29) is 23.0 Å². The van der Waals surface area contributed by atoms with Crippen LogP contribution in [-0.2, 0) is 4.74 Å². The number of nitrogens with zero attached hydrogens (tertiary/aromatic N) is 1. The molecule has 36 heavy (non-hydrogen) atoms. The first-order valence-electron chi connectivity index (χ1n) is 14.6. The molecule has 2 aromatic carbocycles. The van der Waals surface area contributed by atoms with Crippen LogP contribution in [0.1, 0.15) is 95.6 Å². The lowest BCUT2D eigenvalue weighted by atomic mass is 9.84. The molecule has 3 fully saturated rings. The summed E-state index contributed by atoms with van der Waals surface area (Å²) < 4.78 is 6.53. The molecule has 1 saturated heterocycles. The van der Waals surface area contributed by atoms with Crippen molar-refractivity contribution in [2.45, 2.75) is 96.1 Å². The fourth-order valence-corrected chi connectivity index (χ4v) is 6.55. The van der Waals surface area contributed by atoms with E-state index < -0.39 is 0 Å². The number of hydrogen-bond donors (Lipinski definition) is 1. The molecule has 5 rings (SSSR count). The smallest absolute Gasteiger partial charge is 0.253 e. The first-order valence-corrected chi connectivity index (χ1v) is 14.6. The highest BCUT2D eigenvalue weighted by Crippen LogP contribution is 2.38. The molecular formula is C31H44N2O3. The topological polar surface area (TPSA) is 58.6 Å². The zero-order chi connectivity index (χ0) is 24.9. The SMILES string of the molecule is CC[C@H](CC1CCCCC1)Nc1c(N2CCCC(C(OCCC3CC3)c3ccccc3)C2)c(=O)c1=O. The molecule has 1 heterocycles. The van der Waals surface area contributed by atoms with E-state index in [1.54, 1.807) is 0 Å². The van der Waals surface area contributed by atoms with Crippen LogP contribution in [-0.4, -0.2) is 25.7 Å². The highest BCUT2D eigenvalue weighted by molar-refractivity contribution is 5.75.